The molecule has 1 aliphatic rings. The summed E-state index contributed by atoms with van der Waals surface area (Å²) in [6, 6.07) is 8.04. The molecule has 0 saturated heterocycles. The van der Waals surface area contributed by atoms with Crippen LogP contribution in [0.5, 0.6) is 5.75 Å². The van der Waals surface area contributed by atoms with Crippen LogP contribution in [0.25, 0.3) is 5.57 Å². The molecule has 2 N–H and O–H groups in total. The molecule has 1 heterocycles. The van der Waals surface area contributed by atoms with Crippen LogP contribution >= 0.6 is 0 Å². The van der Waals surface area contributed by atoms with Gasteiger partial charge in [0.15, 0.2) is 0 Å². The Labute approximate surface area is 78.0 Å². The van der Waals surface area contributed by atoms with Gasteiger partial charge in [0.25, 0.3) is 0 Å². The number of ether oxygens (including phenoxy) is 1. The highest BCUT2D eigenvalue weighted by atomic mass is 16.5. The van der Waals surface area contributed by atoms with Crippen molar-refractivity contribution in [2.45, 2.75) is 12.8 Å². The van der Waals surface area contributed by atoms with Crippen LogP contribution in [0.4, 0.5) is 0 Å². The van der Waals surface area contributed by atoms with Gasteiger partial charge < -0.3 is 10.5 Å². The van der Waals surface area contributed by atoms with E-state index in [0.29, 0.717) is 0 Å². The van der Waals surface area contributed by atoms with Gasteiger partial charge in [0.1, 0.15) is 5.75 Å². The third-order valence-electron chi connectivity index (χ3n) is 2.28. The van der Waals surface area contributed by atoms with Gasteiger partial charge in [0, 0.05) is 5.56 Å². The van der Waals surface area contributed by atoms with Crippen LogP contribution in [-0.4, -0.2) is 6.61 Å². The topological polar surface area (TPSA) is 35.2 Å². The van der Waals surface area contributed by atoms with E-state index < -0.39 is 0 Å². The average molecular weight is 175 g/mol. The maximum Gasteiger partial charge on any atom is 0.126 e. The van der Waals surface area contributed by atoms with Gasteiger partial charge in [0.2, 0.25) is 0 Å². The van der Waals surface area contributed by atoms with E-state index in [9.17, 15) is 0 Å². The van der Waals surface area contributed by atoms with Crippen molar-refractivity contribution in [1.82, 2.24) is 0 Å². The number of allylic oxidation sites excluding steroid dienone is 1. The zero-order chi connectivity index (χ0) is 9.10. The standard InChI is InChI=1S/C11H13NO/c12-8-9-4-3-7-13-11-6-2-1-5-10(9)11/h1-2,5-6,8H,3-4,7,12H2/b9-8-. The Hall–Kier alpha value is -1.44. The highest BCUT2D eigenvalue weighted by Crippen LogP contribution is 2.31. The van der Waals surface area contributed by atoms with Gasteiger partial charge in [-0.25, -0.2) is 0 Å². The second-order valence-electron chi connectivity index (χ2n) is 3.14. The molecule has 0 radical (unpaired) electrons. The van der Waals surface area contributed by atoms with Crippen LogP contribution < -0.4 is 10.5 Å². The molecule has 0 atom stereocenters. The summed E-state index contributed by atoms with van der Waals surface area (Å²) in [6.45, 7) is 0.786. The van der Waals surface area contributed by atoms with Crippen molar-refractivity contribution >= 4 is 5.57 Å². The fourth-order valence-corrected chi connectivity index (χ4v) is 1.61. The summed E-state index contributed by atoms with van der Waals surface area (Å²) < 4.78 is 5.58. The number of hydrogen-bond donors (Lipinski definition) is 1. The summed E-state index contributed by atoms with van der Waals surface area (Å²) in [4.78, 5) is 0. The first-order chi connectivity index (χ1) is 6.42. The molecule has 0 aromatic heterocycles. The van der Waals surface area contributed by atoms with Crippen LogP contribution in [0, 0.1) is 0 Å². The zero-order valence-electron chi connectivity index (χ0n) is 7.49. The summed E-state index contributed by atoms with van der Waals surface area (Å²) in [5.41, 5.74) is 7.90. The molecule has 0 fully saturated rings. The van der Waals surface area contributed by atoms with E-state index in [0.717, 1.165) is 30.8 Å². The number of hydrogen-bond acceptors (Lipinski definition) is 2. The summed E-state index contributed by atoms with van der Waals surface area (Å²) in [6.07, 6.45) is 3.73. The summed E-state index contributed by atoms with van der Waals surface area (Å²) in [5.74, 6) is 0.955. The van der Waals surface area contributed by atoms with Gasteiger partial charge in [-0.05, 0) is 30.7 Å². The molecule has 2 rings (SSSR count). The number of nitrogens with two attached hydrogens (primary N) is 1. The molecular formula is C11H13NO. The molecule has 1 aromatic rings. The van der Waals surface area contributed by atoms with Gasteiger partial charge in [-0.15, -0.1) is 0 Å². The number of fused-ring (bicyclic) bond motifs is 1. The minimum Gasteiger partial charge on any atom is -0.493 e. The summed E-state index contributed by atoms with van der Waals surface area (Å²) in [7, 11) is 0. The largest absolute Gasteiger partial charge is 0.493 e. The average Bonchev–Trinajstić information content (AvgIpc) is 2.39. The summed E-state index contributed by atoms with van der Waals surface area (Å²) >= 11 is 0. The summed E-state index contributed by atoms with van der Waals surface area (Å²) in [5, 5.41) is 0. The highest BCUT2D eigenvalue weighted by molar-refractivity contribution is 5.70. The van der Waals surface area contributed by atoms with E-state index in [2.05, 4.69) is 6.07 Å². The van der Waals surface area contributed by atoms with E-state index in [4.69, 9.17) is 10.5 Å². The molecular weight excluding hydrogens is 162 g/mol. The molecule has 1 aliphatic heterocycles. The Bertz CT molecular complexity index is 331. The third kappa shape index (κ3) is 1.52. The molecule has 0 bridgehead atoms. The van der Waals surface area contributed by atoms with Crippen molar-refractivity contribution in [2.75, 3.05) is 6.61 Å². The van der Waals surface area contributed by atoms with Gasteiger partial charge in [0.05, 0.1) is 6.61 Å². The molecule has 13 heavy (non-hydrogen) atoms. The van der Waals surface area contributed by atoms with Crippen molar-refractivity contribution in [3.8, 4) is 5.75 Å². The Morgan fingerprint density at radius 1 is 1.31 bits per heavy atom. The Morgan fingerprint density at radius 2 is 2.15 bits per heavy atom. The third-order valence-corrected chi connectivity index (χ3v) is 2.28. The normalized spacial score (nSPS) is 18.9. The predicted octanol–water partition coefficient (Wildman–Crippen LogP) is 2.16. The molecule has 68 valence electrons. The minimum absolute atomic E-state index is 0.786. The maximum atomic E-state index is 5.58. The lowest BCUT2D eigenvalue weighted by Crippen LogP contribution is -1.93. The van der Waals surface area contributed by atoms with Gasteiger partial charge in [-0.2, -0.15) is 0 Å². The van der Waals surface area contributed by atoms with E-state index in [1.807, 2.05) is 18.2 Å². The fourth-order valence-electron chi connectivity index (χ4n) is 1.61. The maximum absolute atomic E-state index is 5.58. The molecule has 2 heteroatoms. The first-order valence-electron chi connectivity index (χ1n) is 4.55. The Morgan fingerprint density at radius 3 is 3.00 bits per heavy atom. The molecule has 0 amide bonds. The van der Waals surface area contributed by atoms with Gasteiger partial charge in [-0.1, -0.05) is 18.2 Å². The van der Waals surface area contributed by atoms with Crippen molar-refractivity contribution < 1.29 is 4.74 Å². The molecule has 0 aliphatic carbocycles. The Balaban J connectivity index is 2.48. The lowest BCUT2D eigenvalue weighted by Gasteiger charge is -2.06. The smallest absolute Gasteiger partial charge is 0.126 e. The van der Waals surface area contributed by atoms with Crippen LogP contribution in [-0.2, 0) is 0 Å². The van der Waals surface area contributed by atoms with Crippen molar-refractivity contribution in [3.05, 3.63) is 36.0 Å². The molecule has 0 spiro atoms. The minimum atomic E-state index is 0.786. The number of rotatable bonds is 0. The van der Waals surface area contributed by atoms with Crippen molar-refractivity contribution in [2.24, 2.45) is 5.73 Å². The molecule has 0 unspecified atom stereocenters. The monoisotopic (exact) mass is 175 g/mol. The van der Waals surface area contributed by atoms with E-state index in [1.54, 1.807) is 6.20 Å². The van der Waals surface area contributed by atoms with Gasteiger partial charge >= 0.3 is 0 Å². The zero-order valence-corrected chi connectivity index (χ0v) is 7.49. The van der Waals surface area contributed by atoms with E-state index in [-0.39, 0.29) is 0 Å². The van der Waals surface area contributed by atoms with Crippen molar-refractivity contribution in [3.63, 3.8) is 0 Å². The van der Waals surface area contributed by atoms with Crippen LogP contribution in [0.1, 0.15) is 18.4 Å². The fraction of sp³-hybridized carbons (Fsp3) is 0.273. The van der Waals surface area contributed by atoms with Crippen LogP contribution in [0.3, 0.4) is 0 Å². The number of para-hydroxylation sites is 1. The number of benzene rings is 1. The highest BCUT2D eigenvalue weighted by Gasteiger charge is 2.11. The molecule has 0 saturated carbocycles. The van der Waals surface area contributed by atoms with E-state index >= 15 is 0 Å². The lowest BCUT2D eigenvalue weighted by molar-refractivity contribution is 0.318. The second kappa shape index (κ2) is 3.52. The molecule has 1 aromatic carbocycles. The first kappa shape index (κ1) is 8.17. The van der Waals surface area contributed by atoms with Crippen molar-refractivity contribution in [1.29, 1.82) is 0 Å². The SMILES string of the molecule is N/C=C1/CCCOc2ccccc21. The van der Waals surface area contributed by atoms with E-state index in [1.165, 1.54) is 5.57 Å². The Kier molecular flexibility index (Phi) is 2.21. The lowest BCUT2D eigenvalue weighted by atomic mass is 10.0. The van der Waals surface area contributed by atoms with Gasteiger partial charge in [-0.3, -0.25) is 0 Å². The second-order valence-corrected chi connectivity index (χ2v) is 3.14. The molecule has 2 nitrogen and oxygen atoms in total. The quantitative estimate of drug-likeness (QED) is 0.655. The van der Waals surface area contributed by atoms with Crippen LogP contribution in [0.15, 0.2) is 30.5 Å². The predicted molar refractivity (Wildman–Crippen MR) is 53.3 cm³/mol. The van der Waals surface area contributed by atoms with Crippen LogP contribution in [0.2, 0.25) is 0 Å². The first-order valence-corrected chi connectivity index (χ1v) is 4.55.